The summed E-state index contributed by atoms with van der Waals surface area (Å²) in [4.78, 5) is 12.3. The molecule has 0 spiro atoms. The fraction of sp³-hybridized carbons (Fsp3) is 0.208. The summed E-state index contributed by atoms with van der Waals surface area (Å²) in [6.07, 6.45) is 1.47. The second-order valence-corrected chi connectivity index (χ2v) is 9.30. The number of hydrogen-bond acceptors (Lipinski definition) is 4. The molecule has 174 valence electrons. The Bertz CT molecular complexity index is 1170. The molecule has 0 bridgehead atoms. The van der Waals surface area contributed by atoms with E-state index in [0.29, 0.717) is 26.2 Å². The van der Waals surface area contributed by atoms with Crippen LogP contribution in [0.4, 0.5) is 10.1 Å². The van der Waals surface area contributed by atoms with Gasteiger partial charge in [-0.15, -0.1) is 0 Å². The highest BCUT2D eigenvalue weighted by molar-refractivity contribution is 7.92. The molecule has 3 aromatic rings. The number of carbonyl (C=O) groups excluding carboxylic acids is 1. The summed E-state index contributed by atoms with van der Waals surface area (Å²) in [6, 6.07) is 18.7. The van der Waals surface area contributed by atoms with Crippen LogP contribution >= 0.6 is 11.6 Å². The first-order valence-corrected chi connectivity index (χ1v) is 12.2. The van der Waals surface area contributed by atoms with Crippen molar-refractivity contribution >= 4 is 33.2 Å². The van der Waals surface area contributed by atoms with Crippen molar-refractivity contribution in [1.29, 1.82) is 0 Å². The van der Waals surface area contributed by atoms with E-state index in [2.05, 4.69) is 10.0 Å². The van der Waals surface area contributed by atoms with Crippen molar-refractivity contribution in [2.75, 3.05) is 24.5 Å². The van der Waals surface area contributed by atoms with Crippen LogP contribution < -0.4 is 10.0 Å². The molecule has 0 radical (unpaired) electrons. The number of amides is 1. The molecule has 0 aliphatic carbocycles. The molecular formula is C24H24ClFN2O4S. The largest absolute Gasteiger partial charge is 0.381 e. The highest BCUT2D eigenvalue weighted by Crippen LogP contribution is 2.26. The van der Waals surface area contributed by atoms with Crippen LogP contribution in [0.15, 0.2) is 77.7 Å². The van der Waals surface area contributed by atoms with Gasteiger partial charge in [-0.3, -0.25) is 9.52 Å². The Kier molecular flexibility index (Phi) is 8.82. The molecule has 2 N–H and O–H groups in total. The quantitative estimate of drug-likeness (QED) is 0.383. The second-order valence-electron chi connectivity index (χ2n) is 7.21. The molecule has 3 rings (SSSR count). The molecule has 0 saturated carbocycles. The van der Waals surface area contributed by atoms with Crippen molar-refractivity contribution in [1.82, 2.24) is 5.32 Å². The SMILES string of the molecule is O=C(NCCCOCCc1ccccc1)c1ccc(Cl)c(NS(=O)(=O)c2ccc(F)cc2)c1. The number of nitrogens with one attached hydrogen (secondary N) is 2. The molecular weight excluding hydrogens is 467 g/mol. The molecule has 1 amide bonds. The highest BCUT2D eigenvalue weighted by atomic mass is 35.5. The van der Waals surface area contributed by atoms with Gasteiger partial charge in [0.2, 0.25) is 0 Å². The first-order chi connectivity index (χ1) is 15.8. The Morgan fingerprint density at radius 3 is 2.42 bits per heavy atom. The predicted octanol–water partition coefficient (Wildman–Crippen LogP) is 4.66. The Morgan fingerprint density at radius 1 is 0.970 bits per heavy atom. The van der Waals surface area contributed by atoms with Gasteiger partial charge in [0, 0.05) is 18.7 Å². The normalized spacial score (nSPS) is 11.2. The monoisotopic (exact) mass is 490 g/mol. The van der Waals surface area contributed by atoms with Gasteiger partial charge in [0.1, 0.15) is 5.82 Å². The highest BCUT2D eigenvalue weighted by Gasteiger charge is 2.17. The van der Waals surface area contributed by atoms with E-state index in [1.807, 2.05) is 30.3 Å². The van der Waals surface area contributed by atoms with Gasteiger partial charge in [0.05, 0.1) is 22.2 Å². The Hall–Kier alpha value is -2.94. The van der Waals surface area contributed by atoms with E-state index in [9.17, 15) is 17.6 Å². The van der Waals surface area contributed by atoms with Crippen molar-refractivity contribution in [3.05, 3.63) is 94.8 Å². The molecule has 0 unspecified atom stereocenters. The summed E-state index contributed by atoms with van der Waals surface area (Å²) < 4.78 is 46.1. The average molecular weight is 491 g/mol. The molecule has 33 heavy (non-hydrogen) atoms. The maximum Gasteiger partial charge on any atom is 0.261 e. The standard InChI is InChI=1S/C24H24ClFN2O4S/c25-22-12-7-19(17-23(22)28-33(30,31)21-10-8-20(26)9-11-21)24(29)27-14-4-15-32-16-13-18-5-2-1-3-6-18/h1-3,5-12,17,28H,4,13-16H2,(H,27,29). The van der Waals surface area contributed by atoms with E-state index >= 15 is 0 Å². The molecule has 0 atom stereocenters. The summed E-state index contributed by atoms with van der Waals surface area (Å²) in [5, 5.41) is 2.90. The molecule has 9 heteroatoms. The molecule has 0 saturated heterocycles. The fourth-order valence-corrected chi connectivity index (χ4v) is 4.27. The fourth-order valence-electron chi connectivity index (χ4n) is 2.98. The number of anilines is 1. The zero-order valence-corrected chi connectivity index (χ0v) is 19.3. The maximum absolute atomic E-state index is 13.1. The lowest BCUT2D eigenvalue weighted by Gasteiger charge is -2.12. The first-order valence-electron chi connectivity index (χ1n) is 10.3. The van der Waals surface area contributed by atoms with E-state index in [-0.39, 0.29) is 27.1 Å². The Morgan fingerprint density at radius 2 is 1.70 bits per heavy atom. The third kappa shape index (κ3) is 7.56. The summed E-state index contributed by atoms with van der Waals surface area (Å²) in [5.74, 6) is -0.912. The average Bonchev–Trinajstić information content (AvgIpc) is 2.80. The van der Waals surface area contributed by atoms with E-state index in [1.54, 1.807) is 0 Å². The minimum Gasteiger partial charge on any atom is -0.381 e. The number of halogens is 2. The van der Waals surface area contributed by atoms with Crippen LogP contribution in [0.25, 0.3) is 0 Å². The van der Waals surface area contributed by atoms with Gasteiger partial charge in [-0.1, -0.05) is 41.9 Å². The number of sulfonamides is 1. The van der Waals surface area contributed by atoms with Gasteiger partial charge in [-0.25, -0.2) is 12.8 Å². The number of rotatable bonds is 11. The molecule has 3 aromatic carbocycles. The smallest absolute Gasteiger partial charge is 0.261 e. The van der Waals surface area contributed by atoms with Gasteiger partial charge in [0.15, 0.2) is 0 Å². The van der Waals surface area contributed by atoms with Crippen molar-refractivity contribution in [3.63, 3.8) is 0 Å². The minimum atomic E-state index is -3.99. The van der Waals surface area contributed by atoms with E-state index in [0.717, 1.165) is 30.7 Å². The van der Waals surface area contributed by atoms with E-state index in [4.69, 9.17) is 16.3 Å². The van der Waals surface area contributed by atoms with Crippen LogP contribution in [0, 0.1) is 5.82 Å². The lowest BCUT2D eigenvalue weighted by atomic mass is 10.2. The van der Waals surface area contributed by atoms with Crippen LogP contribution in [0.2, 0.25) is 5.02 Å². The molecule has 6 nitrogen and oxygen atoms in total. The third-order valence-corrected chi connectivity index (χ3v) is 6.44. The molecule has 0 aliphatic rings. The van der Waals surface area contributed by atoms with Crippen LogP contribution in [-0.4, -0.2) is 34.1 Å². The second kappa shape index (κ2) is 11.8. The predicted molar refractivity (Wildman–Crippen MR) is 127 cm³/mol. The number of carbonyl (C=O) groups is 1. The van der Waals surface area contributed by atoms with Gasteiger partial charge >= 0.3 is 0 Å². The van der Waals surface area contributed by atoms with Gasteiger partial charge in [-0.05, 0) is 60.9 Å². The molecule has 0 aromatic heterocycles. The van der Waals surface area contributed by atoms with Gasteiger partial charge in [-0.2, -0.15) is 0 Å². The van der Waals surface area contributed by atoms with Crippen LogP contribution in [0.3, 0.4) is 0 Å². The van der Waals surface area contributed by atoms with Crippen molar-refractivity contribution < 1.29 is 22.3 Å². The molecule has 0 heterocycles. The molecule has 0 fully saturated rings. The van der Waals surface area contributed by atoms with Crippen molar-refractivity contribution in [2.24, 2.45) is 0 Å². The minimum absolute atomic E-state index is 0.0536. The summed E-state index contributed by atoms with van der Waals surface area (Å²) in [7, 11) is -3.99. The van der Waals surface area contributed by atoms with E-state index in [1.165, 1.54) is 23.8 Å². The topological polar surface area (TPSA) is 84.5 Å². The summed E-state index contributed by atoms with van der Waals surface area (Å²) in [5.41, 5.74) is 1.51. The number of ether oxygens (including phenoxy) is 1. The zero-order chi connectivity index (χ0) is 23.7. The Labute approximate surface area is 197 Å². The van der Waals surface area contributed by atoms with Crippen LogP contribution in [0.1, 0.15) is 22.3 Å². The Balaban J connectivity index is 1.48. The van der Waals surface area contributed by atoms with Crippen molar-refractivity contribution in [3.8, 4) is 0 Å². The number of hydrogen-bond donors (Lipinski definition) is 2. The van der Waals surface area contributed by atoms with Gasteiger partial charge < -0.3 is 10.1 Å². The third-order valence-electron chi connectivity index (χ3n) is 4.73. The van der Waals surface area contributed by atoms with E-state index < -0.39 is 15.8 Å². The summed E-state index contributed by atoms with van der Waals surface area (Å²) in [6.45, 7) is 1.52. The first kappa shape index (κ1) is 24.7. The van der Waals surface area contributed by atoms with Gasteiger partial charge in [0.25, 0.3) is 15.9 Å². The lowest BCUT2D eigenvalue weighted by Crippen LogP contribution is -2.25. The molecule has 0 aliphatic heterocycles. The lowest BCUT2D eigenvalue weighted by molar-refractivity contribution is 0.0942. The van der Waals surface area contributed by atoms with Crippen LogP contribution in [-0.2, 0) is 21.2 Å². The maximum atomic E-state index is 13.1. The summed E-state index contributed by atoms with van der Waals surface area (Å²) >= 11 is 6.10. The zero-order valence-electron chi connectivity index (χ0n) is 17.8. The van der Waals surface area contributed by atoms with Crippen LogP contribution in [0.5, 0.6) is 0 Å². The number of benzene rings is 3. The van der Waals surface area contributed by atoms with Crippen molar-refractivity contribution in [2.45, 2.75) is 17.7 Å².